The van der Waals surface area contributed by atoms with Gasteiger partial charge in [-0.2, -0.15) is 5.26 Å². The average Bonchev–Trinajstić information content (AvgIpc) is 2.40. The summed E-state index contributed by atoms with van der Waals surface area (Å²) in [5, 5.41) is 12.3. The minimum atomic E-state index is 0.146. The smallest absolute Gasteiger partial charge is 0.101 e. The Labute approximate surface area is 101 Å². The van der Waals surface area contributed by atoms with Gasteiger partial charge in [-0.25, -0.2) is 0 Å². The number of hydrogen-bond acceptors (Lipinski definition) is 3. The number of nitrogens with zero attached hydrogens (tertiary/aromatic N) is 2. The van der Waals surface area contributed by atoms with Gasteiger partial charge in [0.1, 0.15) is 6.07 Å². The second kappa shape index (κ2) is 5.13. The van der Waals surface area contributed by atoms with Crippen LogP contribution in [0.4, 0.5) is 5.69 Å². The number of anilines is 1. The van der Waals surface area contributed by atoms with Gasteiger partial charge in [0.05, 0.1) is 17.4 Å². The molecule has 3 heteroatoms. The van der Waals surface area contributed by atoms with Crippen molar-refractivity contribution < 1.29 is 0 Å². The molecule has 0 aliphatic rings. The SMILES string of the molecule is CC(Nc1cnccc1C#N)c1ccccc1. The van der Waals surface area contributed by atoms with E-state index in [1.807, 2.05) is 18.2 Å². The quantitative estimate of drug-likeness (QED) is 0.869. The number of pyridine rings is 1. The summed E-state index contributed by atoms with van der Waals surface area (Å²) in [6, 6.07) is 14.1. The van der Waals surface area contributed by atoms with Crippen molar-refractivity contribution >= 4 is 5.69 Å². The van der Waals surface area contributed by atoms with E-state index in [1.165, 1.54) is 5.56 Å². The number of hydrogen-bond donors (Lipinski definition) is 1. The summed E-state index contributed by atoms with van der Waals surface area (Å²) < 4.78 is 0. The standard InChI is InChI=1S/C14H13N3/c1-11(12-5-3-2-4-6-12)17-14-10-16-8-7-13(14)9-15/h2-8,10-11,17H,1H3. The Morgan fingerprint density at radius 3 is 2.71 bits per heavy atom. The highest BCUT2D eigenvalue weighted by atomic mass is 14.9. The third-order valence-electron chi connectivity index (χ3n) is 2.61. The molecule has 0 spiro atoms. The maximum atomic E-state index is 8.98. The molecule has 0 saturated heterocycles. The summed E-state index contributed by atoms with van der Waals surface area (Å²) >= 11 is 0. The van der Waals surface area contributed by atoms with Gasteiger partial charge in [-0.05, 0) is 18.6 Å². The molecule has 1 heterocycles. The normalized spacial score (nSPS) is 11.5. The Kier molecular flexibility index (Phi) is 3.37. The Hall–Kier alpha value is -2.34. The molecule has 0 aliphatic carbocycles. The van der Waals surface area contributed by atoms with E-state index in [2.05, 4.69) is 35.4 Å². The van der Waals surface area contributed by atoms with Crippen molar-refractivity contribution in [3.63, 3.8) is 0 Å². The van der Waals surface area contributed by atoms with Gasteiger partial charge in [0.2, 0.25) is 0 Å². The zero-order chi connectivity index (χ0) is 12.1. The minimum absolute atomic E-state index is 0.146. The average molecular weight is 223 g/mol. The number of nitrogens with one attached hydrogen (secondary N) is 1. The lowest BCUT2D eigenvalue weighted by Gasteiger charge is -2.16. The van der Waals surface area contributed by atoms with E-state index in [9.17, 15) is 0 Å². The van der Waals surface area contributed by atoms with Crippen LogP contribution in [0, 0.1) is 11.3 Å². The van der Waals surface area contributed by atoms with E-state index in [1.54, 1.807) is 18.5 Å². The van der Waals surface area contributed by atoms with Crippen LogP contribution in [0.1, 0.15) is 24.1 Å². The molecular weight excluding hydrogens is 210 g/mol. The molecule has 17 heavy (non-hydrogen) atoms. The fraction of sp³-hybridized carbons (Fsp3) is 0.143. The van der Waals surface area contributed by atoms with Crippen LogP contribution >= 0.6 is 0 Å². The molecule has 1 aromatic heterocycles. The first-order chi connectivity index (χ1) is 8.31. The van der Waals surface area contributed by atoms with E-state index in [0.29, 0.717) is 5.56 Å². The summed E-state index contributed by atoms with van der Waals surface area (Å²) in [5.41, 5.74) is 2.56. The fourth-order valence-corrected chi connectivity index (χ4v) is 1.67. The van der Waals surface area contributed by atoms with Crippen molar-refractivity contribution in [1.82, 2.24) is 4.98 Å². The van der Waals surface area contributed by atoms with Crippen LogP contribution in [-0.4, -0.2) is 4.98 Å². The van der Waals surface area contributed by atoms with Gasteiger partial charge in [-0.3, -0.25) is 4.98 Å². The molecule has 0 saturated carbocycles. The van der Waals surface area contributed by atoms with Gasteiger partial charge in [-0.1, -0.05) is 30.3 Å². The summed E-state index contributed by atoms with van der Waals surface area (Å²) in [7, 11) is 0. The highest BCUT2D eigenvalue weighted by Crippen LogP contribution is 2.20. The number of nitriles is 1. The van der Waals surface area contributed by atoms with Crippen LogP contribution in [0.2, 0.25) is 0 Å². The van der Waals surface area contributed by atoms with Crippen molar-refractivity contribution in [1.29, 1.82) is 5.26 Å². The Morgan fingerprint density at radius 2 is 2.00 bits per heavy atom. The first-order valence-electron chi connectivity index (χ1n) is 5.47. The molecule has 0 aliphatic heterocycles. The predicted octanol–water partition coefficient (Wildman–Crippen LogP) is 3.13. The number of rotatable bonds is 3. The number of benzene rings is 1. The molecule has 84 valence electrons. The molecular formula is C14H13N3. The highest BCUT2D eigenvalue weighted by Gasteiger charge is 2.07. The molecule has 0 radical (unpaired) electrons. The summed E-state index contributed by atoms with van der Waals surface area (Å²) in [5.74, 6) is 0. The first kappa shape index (κ1) is 11.2. The minimum Gasteiger partial charge on any atom is -0.376 e. The largest absolute Gasteiger partial charge is 0.376 e. The predicted molar refractivity (Wildman–Crippen MR) is 67.4 cm³/mol. The molecule has 0 amide bonds. The molecule has 0 fully saturated rings. The van der Waals surface area contributed by atoms with Crippen LogP contribution in [0.3, 0.4) is 0 Å². The zero-order valence-corrected chi connectivity index (χ0v) is 9.59. The van der Waals surface area contributed by atoms with Crippen molar-refractivity contribution in [2.24, 2.45) is 0 Å². The zero-order valence-electron chi connectivity index (χ0n) is 9.59. The van der Waals surface area contributed by atoms with Crippen LogP contribution in [0.25, 0.3) is 0 Å². The van der Waals surface area contributed by atoms with E-state index in [-0.39, 0.29) is 6.04 Å². The molecule has 1 atom stereocenters. The van der Waals surface area contributed by atoms with Gasteiger partial charge in [-0.15, -0.1) is 0 Å². The lowest BCUT2D eigenvalue weighted by Crippen LogP contribution is -2.07. The van der Waals surface area contributed by atoms with Crippen molar-refractivity contribution in [3.05, 3.63) is 59.9 Å². The van der Waals surface area contributed by atoms with Crippen LogP contribution in [-0.2, 0) is 0 Å². The summed E-state index contributed by atoms with van der Waals surface area (Å²) in [6.07, 6.45) is 3.30. The van der Waals surface area contributed by atoms with Gasteiger partial charge in [0.15, 0.2) is 0 Å². The second-order valence-electron chi connectivity index (χ2n) is 3.81. The number of aromatic nitrogens is 1. The maximum absolute atomic E-state index is 8.98. The monoisotopic (exact) mass is 223 g/mol. The van der Waals surface area contributed by atoms with Crippen molar-refractivity contribution in [2.75, 3.05) is 5.32 Å². The van der Waals surface area contributed by atoms with Crippen molar-refractivity contribution in [3.8, 4) is 6.07 Å². The van der Waals surface area contributed by atoms with Crippen LogP contribution < -0.4 is 5.32 Å². The third kappa shape index (κ3) is 2.61. The van der Waals surface area contributed by atoms with E-state index < -0.39 is 0 Å². The van der Waals surface area contributed by atoms with Gasteiger partial charge < -0.3 is 5.32 Å². The molecule has 1 aromatic carbocycles. The Bertz CT molecular complexity index is 529. The van der Waals surface area contributed by atoms with Gasteiger partial charge in [0.25, 0.3) is 0 Å². The lowest BCUT2D eigenvalue weighted by molar-refractivity contribution is 0.882. The summed E-state index contributed by atoms with van der Waals surface area (Å²) in [4.78, 5) is 4.03. The van der Waals surface area contributed by atoms with E-state index in [4.69, 9.17) is 5.26 Å². The van der Waals surface area contributed by atoms with Crippen LogP contribution in [0.15, 0.2) is 48.8 Å². The topological polar surface area (TPSA) is 48.7 Å². The molecule has 2 aromatic rings. The van der Waals surface area contributed by atoms with Crippen LogP contribution in [0.5, 0.6) is 0 Å². The van der Waals surface area contributed by atoms with E-state index >= 15 is 0 Å². The maximum Gasteiger partial charge on any atom is 0.101 e. The molecule has 2 rings (SSSR count). The summed E-state index contributed by atoms with van der Waals surface area (Å²) in [6.45, 7) is 2.06. The molecule has 1 N–H and O–H groups in total. The lowest BCUT2D eigenvalue weighted by atomic mass is 10.1. The Morgan fingerprint density at radius 1 is 1.24 bits per heavy atom. The van der Waals surface area contributed by atoms with Gasteiger partial charge in [0, 0.05) is 12.2 Å². The Balaban J connectivity index is 2.19. The fourth-order valence-electron chi connectivity index (χ4n) is 1.67. The molecule has 0 bridgehead atoms. The van der Waals surface area contributed by atoms with Gasteiger partial charge >= 0.3 is 0 Å². The molecule has 3 nitrogen and oxygen atoms in total. The third-order valence-corrected chi connectivity index (χ3v) is 2.61. The second-order valence-corrected chi connectivity index (χ2v) is 3.81. The van der Waals surface area contributed by atoms with E-state index in [0.717, 1.165) is 5.69 Å². The molecule has 1 unspecified atom stereocenters. The van der Waals surface area contributed by atoms with Crippen molar-refractivity contribution in [2.45, 2.75) is 13.0 Å². The highest BCUT2D eigenvalue weighted by molar-refractivity contribution is 5.56. The first-order valence-corrected chi connectivity index (χ1v) is 5.47.